The summed E-state index contributed by atoms with van der Waals surface area (Å²) in [6.07, 6.45) is 2.83. The maximum atomic E-state index is 12.1. The number of piperidine rings is 1. The summed E-state index contributed by atoms with van der Waals surface area (Å²) in [6.45, 7) is 5.25. The molecule has 0 atom stereocenters. The zero-order chi connectivity index (χ0) is 11.1. The Morgan fingerprint density at radius 3 is 2.60 bits per heavy atom. The van der Waals surface area contributed by atoms with Crippen LogP contribution in [0.3, 0.4) is 0 Å². The van der Waals surface area contributed by atoms with E-state index in [-0.39, 0.29) is 18.4 Å². The van der Waals surface area contributed by atoms with Crippen molar-refractivity contribution in [3.8, 4) is 0 Å². The summed E-state index contributed by atoms with van der Waals surface area (Å²) in [6, 6.07) is 0. The van der Waals surface area contributed by atoms with Crippen LogP contribution in [0, 0.1) is 5.92 Å². The van der Waals surface area contributed by atoms with Crippen molar-refractivity contribution in [3.05, 3.63) is 0 Å². The molecule has 1 aliphatic heterocycles. The van der Waals surface area contributed by atoms with Gasteiger partial charge in [-0.05, 0) is 32.4 Å². The number of hydrogen-bond donors (Lipinski definition) is 2. The average Bonchev–Trinajstić information content (AvgIpc) is 2.29. The first-order chi connectivity index (χ1) is 7.29. The van der Waals surface area contributed by atoms with E-state index in [1.807, 2.05) is 0 Å². The molecule has 88 valence electrons. The summed E-state index contributed by atoms with van der Waals surface area (Å²) in [5, 5.41) is 12.2. The van der Waals surface area contributed by atoms with Crippen molar-refractivity contribution >= 4 is 5.91 Å². The van der Waals surface area contributed by atoms with Crippen LogP contribution in [0.1, 0.15) is 26.2 Å². The van der Waals surface area contributed by atoms with Gasteiger partial charge in [0.1, 0.15) is 0 Å². The number of carbonyl (C=O) groups excluding carboxylic acids is 1. The lowest BCUT2D eigenvalue weighted by Crippen LogP contribution is -2.42. The van der Waals surface area contributed by atoms with Gasteiger partial charge in [0.05, 0.1) is 6.61 Å². The Bertz CT molecular complexity index is 185. The van der Waals surface area contributed by atoms with Crippen LogP contribution >= 0.6 is 0 Å². The van der Waals surface area contributed by atoms with Gasteiger partial charge in [-0.2, -0.15) is 0 Å². The van der Waals surface area contributed by atoms with Gasteiger partial charge in [-0.25, -0.2) is 0 Å². The molecule has 0 radical (unpaired) electrons. The normalized spacial score (nSPS) is 17.7. The molecule has 0 saturated carbocycles. The Morgan fingerprint density at radius 1 is 1.40 bits per heavy atom. The minimum Gasteiger partial charge on any atom is -0.395 e. The Kier molecular flexibility index (Phi) is 5.65. The van der Waals surface area contributed by atoms with Crippen molar-refractivity contribution in [1.29, 1.82) is 0 Å². The fourth-order valence-corrected chi connectivity index (χ4v) is 2.05. The molecule has 0 aromatic rings. The number of hydrogen-bond acceptors (Lipinski definition) is 3. The third kappa shape index (κ3) is 3.80. The predicted octanol–water partition coefficient (Wildman–Crippen LogP) is 0.217. The minimum absolute atomic E-state index is 0.0662. The highest BCUT2D eigenvalue weighted by molar-refractivity contribution is 5.79. The van der Waals surface area contributed by atoms with Crippen molar-refractivity contribution in [2.45, 2.75) is 26.2 Å². The molecule has 0 unspecified atom stereocenters. The van der Waals surface area contributed by atoms with E-state index in [0.29, 0.717) is 6.54 Å². The number of nitrogens with zero attached hydrogens (tertiary/aromatic N) is 1. The van der Waals surface area contributed by atoms with Crippen LogP contribution in [0.2, 0.25) is 0 Å². The van der Waals surface area contributed by atoms with Gasteiger partial charge >= 0.3 is 0 Å². The van der Waals surface area contributed by atoms with Gasteiger partial charge in [-0.15, -0.1) is 0 Å². The highest BCUT2D eigenvalue weighted by Crippen LogP contribution is 2.15. The average molecular weight is 214 g/mol. The molecule has 2 N–H and O–H groups in total. The first-order valence-electron chi connectivity index (χ1n) is 5.90. The van der Waals surface area contributed by atoms with Crippen LogP contribution in [-0.4, -0.2) is 48.7 Å². The van der Waals surface area contributed by atoms with E-state index in [4.69, 9.17) is 5.11 Å². The molecule has 1 aliphatic rings. The molecule has 1 saturated heterocycles. The van der Waals surface area contributed by atoms with Crippen molar-refractivity contribution in [2.24, 2.45) is 5.92 Å². The lowest BCUT2D eigenvalue weighted by Gasteiger charge is -2.29. The zero-order valence-electron chi connectivity index (χ0n) is 9.54. The fourth-order valence-electron chi connectivity index (χ4n) is 2.05. The van der Waals surface area contributed by atoms with Crippen molar-refractivity contribution < 1.29 is 9.90 Å². The highest BCUT2D eigenvalue weighted by atomic mass is 16.3. The second-order valence-electron chi connectivity index (χ2n) is 4.07. The Balaban J connectivity index is 2.45. The highest BCUT2D eigenvalue weighted by Gasteiger charge is 2.24. The molecular formula is C11H22N2O2. The molecule has 0 bridgehead atoms. The molecule has 1 amide bonds. The van der Waals surface area contributed by atoms with Gasteiger partial charge in [0.25, 0.3) is 0 Å². The largest absolute Gasteiger partial charge is 0.395 e. The quantitative estimate of drug-likeness (QED) is 0.688. The fraction of sp³-hybridized carbons (Fsp3) is 0.909. The molecule has 4 heteroatoms. The first-order valence-corrected chi connectivity index (χ1v) is 5.90. The van der Waals surface area contributed by atoms with E-state index in [1.165, 1.54) is 0 Å². The van der Waals surface area contributed by atoms with Crippen LogP contribution < -0.4 is 5.32 Å². The van der Waals surface area contributed by atoms with E-state index in [1.54, 1.807) is 4.90 Å². The topological polar surface area (TPSA) is 52.6 Å². The minimum atomic E-state index is 0.0662. The second kappa shape index (κ2) is 6.80. The second-order valence-corrected chi connectivity index (χ2v) is 4.07. The van der Waals surface area contributed by atoms with Gasteiger partial charge in [-0.3, -0.25) is 4.79 Å². The third-order valence-electron chi connectivity index (χ3n) is 2.86. The van der Waals surface area contributed by atoms with E-state index in [2.05, 4.69) is 12.2 Å². The molecule has 0 spiro atoms. The van der Waals surface area contributed by atoms with E-state index in [9.17, 15) is 4.79 Å². The molecule has 1 fully saturated rings. The molecule has 15 heavy (non-hydrogen) atoms. The van der Waals surface area contributed by atoms with Gasteiger partial charge in [0, 0.05) is 19.0 Å². The first kappa shape index (κ1) is 12.5. The molecular weight excluding hydrogens is 192 g/mol. The maximum Gasteiger partial charge on any atom is 0.225 e. The Hall–Kier alpha value is -0.610. The van der Waals surface area contributed by atoms with E-state index >= 15 is 0 Å². The maximum absolute atomic E-state index is 12.1. The van der Waals surface area contributed by atoms with Crippen molar-refractivity contribution in [1.82, 2.24) is 10.2 Å². The lowest BCUT2D eigenvalue weighted by molar-refractivity contribution is -0.136. The van der Waals surface area contributed by atoms with Crippen LogP contribution in [0.15, 0.2) is 0 Å². The number of nitrogens with one attached hydrogen (secondary N) is 1. The monoisotopic (exact) mass is 214 g/mol. The third-order valence-corrected chi connectivity index (χ3v) is 2.86. The van der Waals surface area contributed by atoms with Gasteiger partial charge in [-0.1, -0.05) is 6.92 Å². The Morgan fingerprint density at radius 2 is 2.07 bits per heavy atom. The number of aliphatic hydroxyl groups is 1. The molecule has 1 rings (SSSR count). The zero-order valence-corrected chi connectivity index (χ0v) is 9.54. The SMILES string of the molecule is CCCN(CCO)C(=O)C1CCNCC1. The van der Waals surface area contributed by atoms with Gasteiger partial charge in [0.2, 0.25) is 5.91 Å². The summed E-state index contributed by atoms with van der Waals surface area (Å²) in [5.41, 5.74) is 0. The number of aliphatic hydroxyl groups excluding tert-OH is 1. The lowest BCUT2D eigenvalue weighted by atomic mass is 9.96. The van der Waals surface area contributed by atoms with Crippen LogP contribution in [0.4, 0.5) is 0 Å². The van der Waals surface area contributed by atoms with Crippen LogP contribution in [0.25, 0.3) is 0 Å². The van der Waals surface area contributed by atoms with Crippen LogP contribution in [-0.2, 0) is 4.79 Å². The predicted molar refractivity (Wildman–Crippen MR) is 59.6 cm³/mol. The molecule has 1 heterocycles. The smallest absolute Gasteiger partial charge is 0.225 e. The summed E-state index contributed by atoms with van der Waals surface area (Å²) in [7, 11) is 0. The van der Waals surface area contributed by atoms with Crippen molar-refractivity contribution in [2.75, 3.05) is 32.8 Å². The summed E-state index contributed by atoms with van der Waals surface area (Å²) in [4.78, 5) is 13.9. The molecule has 0 aliphatic carbocycles. The number of carbonyl (C=O) groups is 1. The molecule has 4 nitrogen and oxygen atoms in total. The summed E-state index contributed by atoms with van der Waals surface area (Å²) in [5.74, 6) is 0.400. The van der Waals surface area contributed by atoms with Gasteiger partial charge in [0.15, 0.2) is 0 Å². The van der Waals surface area contributed by atoms with E-state index in [0.717, 1.165) is 38.9 Å². The number of rotatable bonds is 5. The summed E-state index contributed by atoms with van der Waals surface area (Å²) >= 11 is 0. The van der Waals surface area contributed by atoms with Crippen molar-refractivity contribution in [3.63, 3.8) is 0 Å². The van der Waals surface area contributed by atoms with Crippen LogP contribution in [0.5, 0.6) is 0 Å². The van der Waals surface area contributed by atoms with E-state index < -0.39 is 0 Å². The Labute approximate surface area is 91.6 Å². The molecule has 0 aromatic heterocycles. The van der Waals surface area contributed by atoms with Gasteiger partial charge < -0.3 is 15.3 Å². The standard InChI is InChI=1S/C11H22N2O2/c1-2-7-13(8-9-14)11(15)10-3-5-12-6-4-10/h10,12,14H,2-9H2,1H3. The number of amides is 1. The molecule has 0 aromatic carbocycles. The summed E-state index contributed by atoms with van der Waals surface area (Å²) < 4.78 is 0.